The number of carbonyl (C=O) groups excluding carboxylic acids is 1. The fourth-order valence-electron chi connectivity index (χ4n) is 0.692. The monoisotopic (exact) mass is 176 g/mol. The van der Waals surface area contributed by atoms with Crippen molar-refractivity contribution in [1.82, 2.24) is 0 Å². The first-order valence-corrected chi connectivity index (χ1v) is 4.26. The first-order valence-electron chi connectivity index (χ1n) is 3.32. The molecule has 0 radical (unpaired) electrons. The number of primary amides is 1. The molecule has 0 spiro atoms. The van der Waals surface area contributed by atoms with E-state index in [4.69, 9.17) is 5.73 Å². The summed E-state index contributed by atoms with van der Waals surface area (Å²) in [6.45, 7) is 3.53. The molecule has 0 aliphatic heterocycles. The van der Waals surface area contributed by atoms with Gasteiger partial charge in [0.25, 0.3) is 0 Å². The normalized spacial score (nSPS) is 15.5. The zero-order valence-electron chi connectivity index (χ0n) is 6.61. The largest absolute Gasteiger partial charge is 0.370 e. The molecule has 0 saturated heterocycles. The average molecular weight is 176 g/mol. The molecule has 1 amide bonds. The van der Waals surface area contributed by atoms with Gasteiger partial charge in [0.05, 0.1) is 0 Å². The van der Waals surface area contributed by atoms with Crippen molar-refractivity contribution in [3.63, 3.8) is 0 Å². The van der Waals surface area contributed by atoms with E-state index in [0.29, 0.717) is 6.42 Å². The van der Waals surface area contributed by atoms with Crippen molar-refractivity contribution in [2.75, 3.05) is 0 Å². The van der Waals surface area contributed by atoms with E-state index in [0.717, 1.165) is 0 Å². The molecule has 0 saturated carbocycles. The third kappa shape index (κ3) is 5.84. The summed E-state index contributed by atoms with van der Waals surface area (Å²) in [5.74, 6) is -0.344. The van der Waals surface area contributed by atoms with Crippen LogP contribution < -0.4 is 5.73 Å². The summed E-state index contributed by atoms with van der Waals surface area (Å²) in [6.07, 6.45) is 0.296. The molecule has 0 aromatic heterocycles. The Kier molecular flexibility index (Phi) is 4.85. The van der Waals surface area contributed by atoms with Gasteiger partial charge in [0.2, 0.25) is 5.91 Å². The molecule has 2 atom stereocenters. The van der Waals surface area contributed by atoms with Crippen molar-refractivity contribution < 1.29 is 4.79 Å². The number of nitrogens with zero attached hydrogens (tertiary/aromatic N) is 1. The number of hydrogen-bond donors (Lipinski definition) is 1. The van der Waals surface area contributed by atoms with E-state index in [1.54, 1.807) is 6.92 Å². The van der Waals surface area contributed by atoms with E-state index in [1.807, 2.05) is 6.92 Å². The Labute approximate surface area is 69.9 Å². The SMILES string of the molecule is CC(CC(N)=O)SC(C)N=O. The summed E-state index contributed by atoms with van der Waals surface area (Å²) in [5.41, 5.74) is 4.95. The Hall–Kier alpha value is -0.580. The van der Waals surface area contributed by atoms with Crippen LogP contribution in [0.4, 0.5) is 0 Å². The van der Waals surface area contributed by atoms with E-state index in [-0.39, 0.29) is 16.5 Å². The van der Waals surface area contributed by atoms with Gasteiger partial charge in [-0.05, 0) is 6.92 Å². The Morgan fingerprint density at radius 3 is 2.55 bits per heavy atom. The van der Waals surface area contributed by atoms with E-state index in [9.17, 15) is 9.70 Å². The van der Waals surface area contributed by atoms with Crippen molar-refractivity contribution in [3.8, 4) is 0 Å². The van der Waals surface area contributed by atoms with Crippen LogP contribution in [-0.2, 0) is 4.79 Å². The zero-order chi connectivity index (χ0) is 8.85. The van der Waals surface area contributed by atoms with Gasteiger partial charge in [0.15, 0.2) is 0 Å². The standard InChI is InChI=1S/C6H12N2O2S/c1-4(3-6(7)9)11-5(2)8-10/h4-5H,3H2,1-2H3,(H2,7,9). The summed E-state index contributed by atoms with van der Waals surface area (Å²) >= 11 is 1.35. The summed E-state index contributed by atoms with van der Waals surface area (Å²) < 4.78 is 0. The summed E-state index contributed by atoms with van der Waals surface area (Å²) in [7, 11) is 0. The highest BCUT2D eigenvalue weighted by Crippen LogP contribution is 2.19. The van der Waals surface area contributed by atoms with Crippen molar-refractivity contribution in [2.24, 2.45) is 10.9 Å². The van der Waals surface area contributed by atoms with Crippen LogP contribution in [0.25, 0.3) is 0 Å². The van der Waals surface area contributed by atoms with Crippen LogP contribution in [0.2, 0.25) is 0 Å². The van der Waals surface area contributed by atoms with Crippen LogP contribution in [0.3, 0.4) is 0 Å². The van der Waals surface area contributed by atoms with Gasteiger partial charge in [-0.2, -0.15) is 0 Å². The highest BCUT2D eigenvalue weighted by Gasteiger charge is 2.10. The number of thioether (sulfide) groups is 1. The molecule has 11 heavy (non-hydrogen) atoms. The second-order valence-corrected chi connectivity index (χ2v) is 4.08. The van der Waals surface area contributed by atoms with Crippen LogP contribution >= 0.6 is 11.8 Å². The molecule has 4 nitrogen and oxygen atoms in total. The predicted molar refractivity (Wildman–Crippen MR) is 46.1 cm³/mol. The third-order valence-electron chi connectivity index (χ3n) is 1.07. The van der Waals surface area contributed by atoms with Crippen molar-refractivity contribution in [3.05, 3.63) is 4.91 Å². The zero-order valence-corrected chi connectivity index (χ0v) is 7.43. The van der Waals surface area contributed by atoms with Gasteiger partial charge >= 0.3 is 0 Å². The molecule has 0 aromatic carbocycles. The first kappa shape index (κ1) is 10.4. The number of carbonyl (C=O) groups is 1. The molecule has 0 bridgehead atoms. The maximum absolute atomic E-state index is 10.4. The number of hydrogen-bond acceptors (Lipinski definition) is 4. The Bertz CT molecular complexity index is 152. The van der Waals surface area contributed by atoms with Crippen molar-refractivity contribution in [1.29, 1.82) is 0 Å². The molecule has 5 heteroatoms. The number of nitrogens with two attached hydrogens (primary N) is 1. The van der Waals surface area contributed by atoms with Crippen molar-refractivity contribution in [2.45, 2.75) is 30.9 Å². The van der Waals surface area contributed by atoms with E-state index in [2.05, 4.69) is 5.18 Å². The Morgan fingerprint density at radius 2 is 2.18 bits per heavy atom. The molecule has 0 heterocycles. The fourth-order valence-corrected chi connectivity index (χ4v) is 1.68. The lowest BCUT2D eigenvalue weighted by Gasteiger charge is -2.08. The second-order valence-electron chi connectivity index (χ2n) is 2.32. The van der Waals surface area contributed by atoms with Gasteiger partial charge in [-0.1, -0.05) is 12.1 Å². The number of rotatable bonds is 5. The predicted octanol–water partition coefficient (Wildman–Crippen LogP) is 1.10. The maximum Gasteiger partial charge on any atom is 0.218 e. The van der Waals surface area contributed by atoms with Gasteiger partial charge in [-0.25, -0.2) is 0 Å². The van der Waals surface area contributed by atoms with Crippen LogP contribution in [0.5, 0.6) is 0 Å². The van der Waals surface area contributed by atoms with Gasteiger partial charge < -0.3 is 5.73 Å². The fraction of sp³-hybridized carbons (Fsp3) is 0.833. The molecule has 0 aliphatic carbocycles. The molecule has 2 unspecified atom stereocenters. The van der Waals surface area contributed by atoms with Gasteiger partial charge in [0, 0.05) is 11.7 Å². The van der Waals surface area contributed by atoms with E-state index >= 15 is 0 Å². The summed E-state index contributed by atoms with van der Waals surface area (Å²) in [5, 5.41) is 2.56. The minimum Gasteiger partial charge on any atom is -0.370 e. The lowest BCUT2D eigenvalue weighted by atomic mass is 10.3. The van der Waals surface area contributed by atoms with Crippen LogP contribution in [-0.4, -0.2) is 16.5 Å². The van der Waals surface area contributed by atoms with Crippen LogP contribution in [0.1, 0.15) is 20.3 Å². The minimum absolute atomic E-state index is 0.0696. The summed E-state index contributed by atoms with van der Waals surface area (Å²) in [6, 6.07) is 0. The quantitative estimate of drug-likeness (QED) is 0.637. The molecular formula is C6H12N2O2S. The minimum atomic E-state index is -0.344. The topological polar surface area (TPSA) is 72.5 Å². The van der Waals surface area contributed by atoms with Crippen LogP contribution in [0, 0.1) is 4.91 Å². The molecule has 2 N–H and O–H groups in total. The Balaban J connectivity index is 3.59. The average Bonchev–Trinajstić information content (AvgIpc) is 1.85. The van der Waals surface area contributed by atoms with E-state index in [1.165, 1.54) is 11.8 Å². The molecule has 0 aliphatic rings. The molecule has 0 aromatic rings. The highest BCUT2D eigenvalue weighted by molar-refractivity contribution is 8.00. The van der Waals surface area contributed by atoms with E-state index < -0.39 is 0 Å². The van der Waals surface area contributed by atoms with Crippen LogP contribution in [0.15, 0.2) is 5.18 Å². The molecule has 0 fully saturated rings. The first-order chi connectivity index (χ1) is 5.06. The third-order valence-corrected chi connectivity index (χ3v) is 2.18. The molecule has 64 valence electrons. The summed E-state index contributed by atoms with van der Waals surface area (Å²) in [4.78, 5) is 20.3. The van der Waals surface area contributed by atoms with Crippen molar-refractivity contribution >= 4 is 17.7 Å². The molecular weight excluding hydrogens is 164 g/mol. The second kappa shape index (κ2) is 5.12. The highest BCUT2D eigenvalue weighted by atomic mass is 32.2. The van der Waals surface area contributed by atoms with Gasteiger partial charge in [-0.15, -0.1) is 16.7 Å². The number of nitroso groups, excluding NO2 is 1. The number of amides is 1. The van der Waals surface area contributed by atoms with Gasteiger partial charge in [-0.3, -0.25) is 4.79 Å². The van der Waals surface area contributed by atoms with Gasteiger partial charge in [0.1, 0.15) is 5.37 Å². The lowest BCUT2D eigenvalue weighted by molar-refractivity contribution is -0.117. The smallest absolute Gasteiger partial charge is 0.218 e. The lowest BCUT2D eigenvalue weighted by Crippen LogP contribution is -2.16. The maximum atomic E-state index is 10.4. The Morgan fingerprint density at radius 1 is 1.64 bits per heavy atom. The molecule has 0 rings (SSSR count).